The van der Waals surface area contributed by atoms with Gasteiger partial charge in [-0.05, 0) is 34.4 Å². The van der Waals surface area contributed by atoms with Crippen molar-refractivity contribution in [1.29, 1.82) is 0 Å². The van der Waals surface area contributed by atoms with Gasteiger partial charge in [0.15, 0.2) is 37.2 Å². The largest absolute Gasteiger partial charge is 0.500 e. The van der Waals surface area contributed by atoms with Crippen molar-refractivity contribution in [2.75, 3.05) is 64.0 Å². The summed E-state index contributed by atoms with van der Waals surface area (Å²) >= 11 is 0. The van der Waals surface area contributed by atoms with Crippen LogP contribution in [0, 0.1) is 0 Å². The Bertz CT molecular complexity index is 1490. The Hall–Kier alpha value is -3.11. The van der Waals surface area contributed by atoms with Crippen molar-refractivity contribution in [1.82, 2.24) is 4.98 Å². The van der Waals surface area contributed by atoms with Gasteiger partial charge in [-0.25, -0.2) is 13.7 Å². The van der Waals surface area contributed by atoms with Crippen LogP contribution < -0.4 is 13.7 Å². The third kappa shape index (κ3) is 13.6. The van der Waals surface area contributed by atoms with Gasteiger partial charge in [0.25, 0.3) is 0 Å². The van der Waals surface area contributed by atoms with Crippen molar-refractivity contribution in [3.05, 3.63) is 98.1 Å². The lowest BCUT2D eigenvalue weighted by atomic mass is 10.1. The van der Waals surface area contributed by atoms with Crippen molar-refractivity contribution in [2.24, 2.45) is 0 Å². The van der Waals surface area contributed by atoms with Crippen LogP contribution in [-0.4, -0.2) is 95.4 Å². The second-order valence-electron chi connectivity index (χ2n) is 12.4. The first-order valence-corrected chi connectivity index (χ1v) is 23.9. The molecule has 0 atom stereocenters. The molecule has 13 nitrogen and oxygen atoms in total. The monoisotopic (exact) mass is 801 g/mol. The van der Waals surface area contributed by atoms with E-state index in [0.29, 0.717) is 0 Å². The maximum absolute atomic E-state index is 5.49. The van der Waals surface area contributed by atoms with E-state index in [1.54, 1.807) is 76.4 Å². The number of hydrogen-bond acceptors (Lipinski definition) is 10. The van der Waals surface area contributed by atoms with Gasteiger partial charge in [0.05, 0.1) is 0 Å². The van der Waals surface area contributed by atoms with Crippen molar-refractivity contribution in [3.8, 4) is 22.3 Å². The van der Waals surface area contributed by atoms with E-state index in [-0.39, 0.29) is 0 Å². The summed E-state index contributed by atoms with van der Waals surface area (Å²) < 4.78 is 55.7. The highest BCUT2D eigenvalue weighted by atomic mass is 28.4. The molecule has 54 heavy (non-hydrogen) atoms. The van der Waals surface area contributed by atoms with Gasteiger partial charge in [0.2, 0.25) is 0 Å². The molecule has 0 spiro atoms. The predicted molar refractivity (Wildman–Crippen MR) is 211 cm³/mol. The first kappa shape index (κ1) is 45.3. The Labute approximate surface area is 325 Å². The summed E-state index contributed by atoms with van der Waals surface area (Å²) in [4.78, 5) is 4.04. The fourth-order valence-corrected chi connectivity index (χ4v) is 11.2. The number of hydrogen-bond donors (Lipinski definition) is 0. The van der Waals surface area contributed by atoms with Crippen LogP contribution in [0.5, 0.6) is 0 Å². The van der Waals surface area contributed by atoms with Crippen LogP contribution in [0.2, 0.25) is 18.1 Å². The van der Waals surface area contributed by atoms with Crippen LogP contribution in [0.3, 0.4) is 0 Å². The molecular weight excluding hydrogens is 741 g/mol. The molecule has 0 radical (unpaired) electrons. The number of aryl methyl sites for hydroxylation is 3. The topological polar surface area (TPSA) is 108 Å². The van der Waals surface area contributed by atoms with Crippen LogP contribution in [-0.2, 0) is 59.5 Å². The molecule has 0 aromatic carbocycles. The average molecular weight is 802 g/mol. The van der Waals surface area contributed by atoms with Crippen molar-refractivity contribution >= 4 is 26.4 Å². The Balaban J connectivity index is 0.000000311. The fourth-order valence-electron chi connectivity index (χ4n) is 6.04. The second-order valence-corrected chi connectivity index (χ2v) is 21.7. The van der Waals surface area contributed by atoms with Gasteiger partial charge in [0.1, 0.15) is 19.6 Å². The summed E-state index contributed by atoms with van der Waals surface area (Å²) in [7, 11) is 7.39. The summed E-state index contributed by atoms with van der Waals surface area (Å²) in [5, 5.41) is 0. The zero-order chi connectivity index (χ0) is 39.3. The van der Waals surface area contributed by atoms with Gasteiger partial charge in [-0.1, -0.05) is 0 Å². The van der Waals surface area contributed by atoms with E-state index in [0.717, 1.165) is 57.0 Å². The lowest BCUT2D eigenvalue weighted by molar-refractivity contribution is -0.697. The standard InChI is InChI=1S/C22H38N2O6Si2.C16H23N2O3Si/c1-25-31(26-2,27-3)19-7-13-23-15-9-21(10-16-23)22-11-17-24(18-12-22)14-8-20-32(28-4,29-5)30-6;1-19-22(20-2,21-3)14-4-11-18-12-7-16(8-13-18)15-5-9-17-10-6-15/h9-12,15-18H,7-8,13-14,19-20H2,1-6H3;5-10,12-13H,4,11,14H2,1-3H3/q+2;+1. The smallest absolute Gasteiger partial charge is 0.377 e. The van der Waals surface area contributed by atoms with Crippen molar-refractivity contribution in [2.45, 2.75) is 57.0 Å². The summed E-state index contributed by atoms with van der Waals surface area (Å²) in [6, 6.07) is 19.2. The molecule has 4 rings (SSSR count). The maximum atomic E-state index is 5.49. The SMILES string of the molecule is CO[Si](CCC[n+]1ccc(-c2cc[n+](CCC[Si](OC)(OC)OC)cc2)cc1)(OC)OC.CO[Si](CCC[n+]1ccc(-c2ccncc2)cc1)(OC)OC. The van der Waals surface area contributed by atoms with Gasteiger partial charge in [-0.3, -0.25) is 4.98 Å². The predicted octanol–water partition coefficient (Wildman–Crippen LogP) is 4.77. The molecule has 0 aliphatic carbocycles. The molecule has 0 saturated heterocycles. The lowest BCUT2D eigenvalue weighted by Gasteiger charge is -2.23. The minimum Gasteiger partial charge on any atom is -0.377 e. The lowest BCUT2D eigenvalue weighted by Crippen LogP contribution is -2.44. The number of pyridine rings is 4. The summed E-state index contributed by atoms with van der Waals surface area (Å²) in [5.74, 6) is 0. The fraction of sp³-hybridized carbons (Fsp3) is 0.474. The van der Waals surface area contributed by atoms with Crippen molar-refractivity contribution in [3.63, 3.8) is 0 Å². The van der Waals surface area contributed by atoms with E-state index in [2.05, 4.69) is 92.3 Å². The average Bonchev–Trinajstić information content (AvgIpc) is 3.24. The molecule has 0 fully saturated rings. The van der Waals surface area contributed by atoms with E-state index < -0.39 is 26.4 Å². The highest BCUT2D eigenvalue weighted by molar-refractivity contribution is 6.61. The Morgan fingerprint density at radius 2 is 0.593 bits per heavy atom. The van der Waals surface area contributed by atoms with Crippen LogP contribution >= 0.6 is 0 Å². The minimum absolute atomic E-state index is 0.784. The van der Waals surface area contributed by atoms with Gasteiger partial charge >= 0.3 is 26.4 Å². The second kappa shape index (κ2) is 23.7. The maximum Gasteiger partial charge on any atom is 0.500 e. The molecule has 0 saturated carbocycles. The Kier molecular flexibility index (Phi) is 19.9. The van der Waals surface area contributed by atoms with E-state index >= 15 is 0 Å². The van der Waals surface area contributed by atoms with E-state index in [4.69, 9.17) is 39.8 Å². The molecule has 0 aliphatic heterocycles. The molecule has 4 heterocycles. The van der Waals surface area contributed by atoms with Gasteiger partial charge in [-0.2, -0.15) is 0 Å². The van der Waals surface area contributed by atoms with Gasteiger partial charge in [-0.15, -0.1) is 0 Å². The number of rotatable bonds is 23. The summed E-state index contributed by atoms with van der Waals surface area (Å²) in [5.41, 5.74) is 4.74. The van der Waals surface area contributed by atoms with Crippen LogP contribution in [0.4, 0.5) is 0 Å². The normalized spacial score (nSPS) is 12.0. The van der Waals surface area contributed by atoms with Crippen molar-refractivity contribution < 1.29 is 53.5 Å². The van der Waals surface area contributed by atoms with E-state index in [1.165, 1.54) is 22.3 Å². The molecule has 16 heteroatoms. The highest BCUT2D eigenvalue weighted by Gasteiger charge is 2.39. The Morgan fingerprint density at radius 3 is 0.815 bits per heavy atom. The van der Waals surface area contributed by atoms with E-state index in [9.17, 15) is 0 Å². The minimum atomic E-state index is -2.50. The van der Waals surface area contributed by atoms with Crippen LogP contribution in [0.25, 0.3) is 22.3 Å². The third-order valence-electron chi connectivity index (χ3n) is 9.52. The molecule has 296 valence electrons. The highest BCUT2D eigenvalue weighted by Crippen LogP contribution is 2.19. The zero-order valence-corrected chi connectivity index (χ0v) is 36.6. The molecule has 4 aromatic rings. The molecule has 0 aliphatic rings. The molecule has 0 unspecified atom stereocenters. The van der Waals surface area contributed by atoms with E-state index in [1.807, 2.05) is 12.1 Å². The summed E-state index contributed by atoms with van der Waals surface area (Å²) in [6.45, 7) is 2.67. The molecule has 0 bridgehead atoms. The Morgan fingerprint density at radius 1 is 0.370 bits per heavy atom. The zero-order valence-electron chi connectivity index (χ0n) is 33.6. The van der Waals surface area contributed by atoms with Crippen LogP contribution in [0.15, 0.2) is 98.1 Å². The summed E-state index contributed by atoms with van der Waals surface area (Å²) in [6.07, 6.45) is 19.0. The quantitative estimate of drug-likeness (QED) is 0.0770. The number of nitrogens with zero attached hydrogens (tertiary/aromatic N) is 4. The molecule has 0 amide bonds. The first-order valence-electron chi connectivity index (χ1n) is 18.1. The third-order valence-corrected chi connectivity index (χ3v) is 18.0. The molecule has 4 aromatic heterocycles. The van der Waals surface area contributed by atoms with Crippen LogP contribution in [0.1, 0.15) is 19.3 Å². The van der Waals surface area contributed by atoms with Gasteiger partial charge < -0.3 is 39.8 Å². The first-order chi connectivity index (χ1) is 26.2. The number of aromatic nitrogens is 4. The molecule has 0 N–H and O–H groups in total. The van der Waals surface area contributed by atoms with Gasteiger partial charge in [0, 0.05) is 150 Å². The molecular formula is C38H61N4O9Si3+3.